The molecule has 0 aromatic heterocycles. The van der Waals surface area contributed by atoms with E-state index in [1.54, 1.807) is 34.6 Å². The molecule has 0 radical (unpaired) electrons. The summed E-state index contributed by atoms with van der Waals surface area (Å²) in [7, 11) is 0. The zero-order chi connectivity index (χ0) is 17.8. The van der Waals surface area contributed by atoms with Crippen molar-refractivity contribution in [2.45, 2.75) is 52.4 Å². The van der Waals surface area contributed by atoms with Crippen LogP contribution in [0.25, 0.3) is 0 Å². The van der Waals surface area contributed by atoms with E-state index in [0.29, 0.717) is 11.3 Å². The Balaban J connectivity index is 2.64. The topological polar surface area (TPSA) is 50.4 Å². The monoisotopic (exact) mass is 332 g/mol. The number of ether oxygens (including phenoxy) is 1. The van der Waals surface area contributed by atoms with Crippen LogP contribution in [0.5, 0.6) is 0 Å². The van der Waals surface area contributed by atoms with Gasteiger partial charge < -0.3 is 15.4 Å². The first kappa shape index (κ1) is 19.1. The van der Waals surface area contributed by atoms with E-state index in [1.165, 1.54) is 6.07 Å². The average Bonchev–Trinajstić information content (AvgIpc) is 2.35. The van der Waals surface area contributed by atoms with Gasteiger partial charge in [-0.1, -0.05) is 6.07 Å². The van der Waals surface area contributed by atoms with Crippen molar-refractivity contribution >= 4 is 11.8 Å². The number of benzene rings is 1. The molecule has 1 rings (SSSR count). The number of carbonyl (C=O) groups excluding carboxylic acids is 1. The molecule has 1 amide bonds. The SMILES string of the molecule is Cc1ccc(C(F)(F)F)cc1NC(C)CNC(=O)OC(C)(C)C. The summed E-state index contributed by atoms with van der Waals surface area (Å²) in [6.45, 7) is 8.96. The number of carbonyl (C=O) groups is 1. The lowest BCUT2D eigenvalue weighted by atomic mass is 10.1. The van der Waals surface area contributed by atoms with Gasteiger partial charge in [-0.15, -0.1) is 0 Å². The second-order valence-corrected chi connectivity index (χ2v) is 6.46. The highest BCUT2D eigenvalue weighted by atomic mass is 19.4. The number of nitrogens with one attached hydrogen (secondary N) is 2. The summed E-state index contributed by atoms with van der Waals surface area (Å²) in [6.07, 6.45) is -4.95. The first-order valence-corrected chi connectivity index (χ1v) is 7.30. The maximum absolute atomic E-state index is 12.7. The number of halogens is 3. The largest absolute Gasteiger partial charge is 0.444 e. The fourth-order valence-electron chi connectivity index (χ4n) is 1.82. The molecule has 0 aliphatic rings. The van der Waals surface area contributed by atoms with E-state index in [4.69, 9.17) is 4.74 Å². The third-order valence-electron chi connectivity index (χ3n) is 2.92. The van der Waals surface area contributed by atoms with Crippen molar-refractivity contribution in [1.82, 2.24) is 5.32 Å². The van der Waals surface area contributed by atoms with E-state index in [-0.39, 0.29) is 12.6 Å². The second kappa shape index (κ2) is 7.10. The van der Waals surface area contributed by atoms with Crippen molar-refractivity contribution in [3.05, 3.63) is 29.3 Å². The van der Waals surface area contributed by atoms with Crippen LogP contribution in [-0.4, -0.2) is 24.3 Å². The van der Waals surface area contributed by atoms with E-state index >= 15 is 0 Å². The number of hydrogen-bond acceptors (Lipinski definition) is 3. The standard InChI is InChI=1S/C16H23F3N2O2/c1-10-6-7-12(16(17,18)19)8-13(10)21-11(2)9-20-14(22)23-15(3,4)5/h6-8,11,21H,9H2,1-5H3,(H,20,22). The molecule has 0 aliphatic heterocycles. The Hall–Kier alpha value is -1.92. The van der Waals surface area contributed by atoms with Crippen LogP contribution in [0.4, 0.5) is 23.7 Å². The lowest BCUT2D eigenvalue weighted by molar-refractivity contribution is -0.137. The highest BCUT2D eigenvalue weighted by Crippen LogP contribution is 2.32. The van der Waals surface area contributed by atoms with Gasteiger partial charge in [-0.2, -0.15) is 13.2 Å². The van der Waals surface area contributed by atoms with Crippen LogP contribution in [-0.2, 0) is 10.9 Å². The van der Waals surface area contributed by atoms with Gasteiger partial charge in [0.1, 0.15) is 5.60 Å². The molecule has 4 nitrogen and oxygen atoms in total. The molecule has 0 bridgehead atoms. The molecule has 0 fully saturated rings. The van der Waals surface area contributed by atoms with Crippen LogP contribution in [0.3, 0.4) is 0 Å². The van der Waals surface area contributed by atoms with Gasteiger partial charge >= 0.3 is 12.3 Å². The van der Waals surface area contributed by atoms with Crippen molar-refractivity contribution in [2.24, 2.45) is 0 Å². The van der Waals surface area contributed by atoms with E-state index in [0.717, 1.165) is 12.1 Å². The van der Waals surface area contributed by atoms with Crippen molar-refractivity contribution < 1.29 is 22.7 Å². The minimum atomic E-state index is -4.39. The van der Waals surface area contributed by atoms with Crippen LogP contribution in [0.2, 0.25) is 0 Å². The molecule has 1 aromatic carbocycles. The van der Waals surface area contributed by atoms with Crippen LogP contribution >= 0.6 is 0 Å². The smallest absolute Gasteiger partial charge is 0.416 e. The fraction of sp³-hybridized carbons (Fsp3) is 0.562. The molecule has 23 heavy (non-hydrogen) atoms. The lowest BCUT2D eigenvalue weighted by Gasteiger charge is -2.22. The molecular formula is C16H23F3N2O2. The zero-order valence-corrected chi connectivity index (χ0v) is 14.0. The van der Waals surface area contributed by atoms with Crippen LogP contribution in [0, 0.1) is 6.92 Å². The molecule has 1 unspecified atom stereocenters. The second-order valence-electron chi connectivity index (χ2n) is 6.46. The normalized spacial score (nSPS) is 13.4. The summed E-state index contributed by atoms with van der Waals surface area (Å²) in [5, 5.41) is 5.55. The Kier molecular flexibility index (Phi) is 5.91. The quantitative estimate of drug-likeness (QED) is 0.862. The minimum Gasteiger partial charge on any atom is -0.444 e. The van der Waals surface area contributed by atoms with E-state index in [1.807, 2.05) is 0 Å². The molecule has 1 aromatic rings. The van der Waals surface area contributed by atoms with Gasteiger partial charge in [-0.3, -0.25) is 0 Å². The Morgan fingerprint density at radius 2 is 1.87 bits per heavy atom. The van der Waals surface area contributed by atoms with Gasteiger partial charge in [0.15, 0.2) is 0 Å². The molecule has 1 atom stereocenters. The van der Waals surface area contributed by atoms with Gasteiger partial charge in [0, 0.05) is 18.3 Å². The molecule has 0 saturated heterocycles. The molecule has 7 heteroatoms. The minimum absolute atomic E-state index is 0.227. The van der Waals surface area contributed by atoms with Gasteiger partial charge in [-0.05, 0) is 52.3 Å². The summed E-state index contributed by atoms with van der Waals surface area (Å²) in [6, 6.07) is 3.27. The van der Waals surface area contributed by atoms with Crippen molar-refractivity contribution in [2.75, 3.05) is 11.9 Å². The Morgan fingerprint density at radius 3 is 2.39 bits per heavy atom. The molecule has 0 spiro atoms. The first-order valence-electron chi connectivity index (χ1n) is 7.30. The Labute approximate surface area is 134 Å². The highest BCUT2D eigenvalue weighted by Gasteiger charge is 2.30. The molecule has 130 valence electrons. The number of hydrogen-bond donors (Lipinski definition) is 2. The van der Waals surface area contributed by atoms with E-state index in [2.05, 4.69) is 10.6 Å². The van der Waals surface area contributed by atoms with Gasteiger partial charge in [0.25, 0.3) is 0 Å². The van der Waals surface area contributed by atoms with Crippen molar-refractivity contribution in [1.29, 1.82) is 0 Å². The molecule has 0 heterocycles. The Morgan fingerprint density at radius 1 is 1.26 bits per heavy atom. The summed E-state index contributed by atoms with van der Waals surface area (Å²) < 4.78 is 43.3. The lowest BCUT2D eigenvalue weighted by Crippen LogP contribution is -2.38. The highest BCUT2D eigenvalue weighted by molar-refractivity contribution is 5.67. The van der Waals surface area contributed by atoms with Crippen LogP contribution in [0.15, 0.2) is 18.2 Å². The third-order valence-corrected chi connectivity index (χ3v) is 2.92. The number of aryl methyl sites for hydroxylation is 1. The number of alkyl carbamates (subject to hydrolysis) is 1. The zero-order valence-electron chi connectivity index (χ0n) is 14.0. The molecular weight excluding hydrogens is 309 g/mol. The number of alkyl halides is 3. The first-order chi connectivity index (χ1) is 10.4. The average molecular weight is 332 g/mol. The molecule has 0 saturated carbocycles. The van der Waals surface area contributed by atoms with Gasteiger partial charge in [0.2, 0.25) is 0 Å². The van der Waals surface area contributed by atoms with Gasteiger partial charge in [-0.25, -0.2) is 4.79 Å². The summed E-state index contributed by atoms with van der Waals surface area (Å²) in [5.74, 6) is 0. The van der Waals surface area contributed by atoms with Gasteiger partial charge in [0.05, 0.1) is 5.56 Å². The number of amides is 1. The maximum Gasteiger partial charge on any atom is 0.416 e. The summed E-state index contributed by atoms with van der Waals surface area (Å²) >= 11 is 0. The van der Waals surface area contributed by atoms with Crippen LogP contribution in [0.1, 0.15) is 38.8 Å². The molecule has 2 N–H and O–H groups in total. The van der Waals surface area contributed by atoms with E-state index < -0.39 is 23.4 Å². The predicted octanol–water partition coefficient (Wildman–Crippen LogP) is 4.34. The third kappa shape index (κ3) is 6.80. The summed E-state index contributed by atoms with van der Waals surface area (Å²) in [4.78, 5) is 11.6. The van der Waals surface area contributed by atoms with E-state index in [9.17, 15) is 18.0 Å². The van der Waals surface area contributed by atoms with Crippen molar-refractivity contribution in [3.8, 4) is 0 Å². The number of anilines is 1. The molecule has 0 aliphatic carbocycles. The van der Waals surface area contributed by atoms with Crippen LogP contribution < -0.4 is 10.6 Å². The van der Waals surface area contributed by atoms with Crippen molar-refractivity contribution in [3.63, 3.8) is 0 Å². The number of rotatable bonds is 4. The summed E-state index contributed by atoms with van der Waals surface area (Å²) in [5.41, 5.74) is -0.225. The maximum atomic E-state index is 12.7. The predicted molar refractivity (Wildman–Crippen MR) is 83.5 cm³/mol. The fourth-order valence-corrected chi connectivity index (χ4v) is 1.82. The Bertz CT molecular complexity index is 551.